The monoisotopic (exact) mass is 309 g/mol. The van der Waals surface area contributed by atoms with Gasteiger partial charge in [0.2, 0.25) is 0 Å². The average Bonchev–Trinajstić information content (AvgIpc) is 2.41. The molecule has 1 aromatic carbocycles. The molecule has 1 heterocycles. The highest BCUT2D eigenvalue weighted by molar-refractivity contribution is 7.99. The van der Waals surface area contributed by atoms with Crippen LogP contribution in [-0.2, 0) is 13.0 Å². The maximum Gasteiger partial charge on any atom is 0.251 e. The number of aromatic amines is 1. The molecule has 106 valence electrons. The van der Waals surface area contributed by atoms with Crippen LogP contribution in [0.15, 0.2) is 39.1 Å². The zero-order valence-corrected chi connectivity index (χ0v) is 12.7. The Labute approximate surface area is 126 Å². The first kappa shape index (κ1) is 15.1. The van der Waals surface area contributed by atoms with Gasteiger partial charge in [0.25, 0.3) is 5.56 Å². The molecule has 6 heteroatoms. The fourth-order valence-corrected chi connectivity index (χ4v) is 2.91. The minimum atomic E-state index is -0.138. The number of hydrogen-bond acceptors (Lipinski definition) is 4. The summed E-state index contributed by atoms with van der Waals surface area (Å²) in [5, 5.41) is 1.17. The van der Waals surface area contributed by atoms with Gasteiger partial charge < -0.3 is 10.7 Å². The highest BCUT2D eigenvalue weighted by Crippen LogP contribution is 2.31. The second-order valence-corrected chi connectivity index (χ2v) is 5.80. The Morgan fingerprint density at radius 3 is 2.85 bits per heavy atom. The van der Waals surface area contributed by atoms with Crippen molar-refractivity contribution in [3.05, 3.63) is 50.9 Å². The lowest BCUT2D eigenvalue weighted by Gasteiger charge is -2.06. The van der Waals surface area contributed by atoms with Crippen LogP contribution in [0, 0.1) is 0 Å². The topological polar surface area (TPSA) is 71.8 Å². The number of rotatable bonds is 5. The lowest BCUT2D eigenvalue weighted by molar-refractivity contribution is 0.816. The zero-order valence-electron chi connectivity index (χ0n) is 11.1. The fourth-order valence-electron chi connectivity index (χ4n) is 1.77. The summed E-state index contributed by atoms with van der Waals surface area (Å²) in [6, 6.07) is 7.18. The summed E-state index contributed by atoms with van der Waals surface area (Å²) in [6.45, 7) is 2.50. The van der Waals surface area contributed by atoms with Crippen molar-refractivity contribution in [3.63, 3.8) is 0 Å². The van der Waals surface area contributed by atoms with E-state index in [0.717, 1.165) is 29.0 Å². The van der Waals surface area contributed by atoms with Gasteiger partial charge in [0.1, 0.15) is 0 Å². The van der Waals surface area contributed by atoms with Crippen LogP contribution >= 0.6 is 23.4 Å². The van der Waals surface area contributed by atoms with E-state index in [1.165, 1.54) is 17.8 Å². The van der Waals surface area contributed by atoms with E-state index in [2.05, 4.69) is 16.9 Å². The van der Waals surface area contributed by atoms with Crippen LogP contribution < -0.4 is 11.3 Å². The third kappa shape index (κ3) is 3.85. The second-order valence-electron chi connectivity index (χ2n) is 4.36. The molecule has 3 N–H and O–H groups in total. The van der Waals surface area contributed by atoms with Crippen LogP contribution in [0.2, 0.25) is 5.02 Å². The molecule has 0 bridgehead atoms. The van der Waals surface area contributed by atoms with Crippen LogP contribution in [-0.4, -0.2) is 9.97 Å². The van der Waals surface area contributed by atoms with Gasteiger partial charge in [-0.1, -0.05) is 42.8 Å². The van der Waals surface area contributed by atoms with E-state index in [1.807, 2.05) is 18.2 Å². The van der Waals surface area contributed by atoms with Crippen molar-refractivity contribution in [3.8, 4) is 0 Å². The molecular weight excluding hydrogens is 294 g/mol. The van der Waals surface area contributed by atoms with Crippen LogP contribution in [0.25, 0.3) is 0 Å². The summed E-state index contributed by atoms with van der Waals surface area (Å²) in [5.74, 6) is 0. The summed E-state index contributed by atoms with van der Waals surface area (Å²) < 4.78 is 0. The third-order valence-corrected chi connectivity index (χ3v) is 4.11. The van der Waals surface area contributed by atoms with Crippen LogP contribution in [0.4, 0.5) is 0 Å². The Bertz CT molecular complexity index is 657. The first-order valence-electron chi connectivity index (χ1n) is 6.39. The van der Waals surface area contributed by atoms with Gasteiger partial charge in [0, 0.05) is 23.2 Å². The van der Waals surface area contributed by atoms with E-state index >= 15 is 0 Å². The van der Waals surface area contributed by atoms with Gasteiger partial charge in [-0.3, -0.25) is 4.79 Å². The number of aromatic nitrogens is 2. The van der Waals surface area contributed by atoms with Gasteiger partial charge in [-0.2, -0.15) is 0 Å². The van der Waals surface area contributed by atoms with E-state index in [-0.39, 0.29) is 5.56 Å². The third-order valence-electron chi connectivity index (χ3n) is 2.72. The molecule has 0 radical (unpaired) electrons. The van der Waals surface area contributed by atoms with Gasteiger partial charge in [-0.25, -0.2) is 4.98 Å². The molecule has 4 nitrogen and oxygen atoms in total. The van der Waals surface area contributed by atoms with Crippen molar-refractivity contribution in [2.24, 2.45) is 5.73 Å². The van der Waals surface area contributed by atoms with Gasteiger partial charge in [0.15, 0.2) is 5.16 Å². The number of nitrogens with two attached hydrogens (primary N) is 1. The molecule has 1 aromatic heterocycles. The molecular formula is C14H16ClN3OS. The number of hydrogen-bond donors (Lipinski definition) is 2. The van der Waals surface area contributed by atoms with Crippen molar-refractivity contribution >= 4 is 23.4 Å². The molecule has 0 saturated heterocycles. The van der Waals surface area contributed by atoms with Gasteiger partial charge in [0.05, 0.1) is 5.02 Å². The predicted octanol–water partition coefficient (Wildman–Crippen LogP) is 2.99. The maximum absolute atomic E-state index is 11.6. The van der Waals surface area contributed by atoms with E-state index < -0.39 is 0 Å². The minimum Gasteiger partial charge on any atom is -0.326 e. The zero-order chi connectivity index (χ0) is 14.5. The van der Waals surface area contributed by atoms with Crippen LogP contribution in [0.5, 0.6) is 0 Å². The van der Waals surface area contributed by atoms with Crippen LogP contribution in [0.3, 0.4) is 0 Å². The lowest BCUT2D eigenvalue weighted by atomic mass is 10.2. The molecule has 0 amide bonds. The molecule has 0 fully saturated rings. The smallest absolute Gasteiger partial charge is 0.251 e. The average molecular weight is 310 g/mol. The van der Waals surface area contributed by atoms with Crippen molar-refractivity contribution in [1.82, 2.24) is 9.97 Å². The normalized spacial score (nSPS) is 10.8. The summed E-state index contributed by atoms with van der Waals surface area (Å²) in [6.07, 6.45) is 1.74. The number of aryl methyl sites for hydroxylation is 1. The summed E-state index contributed by atoms with van der Waals surface area (Å²) in [5.41, 5.74) is 7.20. The Morgan fingerprint density at radius 1 is 1.40 bits per heavy atom. The molecule has 0 spiro atoms. The molecule has 0 aliphatic carbocycles. The molecule has 0 unspecified atom stereocenters. The largest absolute Gasteiger partial charge is 0.326 e. The van der Waals surface area contributed by atoms with Crippen molar-refractivity contribution < 1.29 is 0 Å². The van der Waals surface area contributed by atoms with Gasteiger partial charge in [-0.15, -0.1) is 0 Å². The number of nitrogens with zero attached hydrogens (tertiary/aromatic N) is 1. The van der Waals surface area contributed by atoms with Crippen molar-refractivity contribution in [1.29, 1.82) is 0 Å². The Morgan fingerprint density at radius 2 is 2.20 bits per heavy atom. The Kier molecular flexibility index (Phi) is 5.23. The van der Waals surface area contributed by atoms with E-state index in [9.17, 15) is 4.79 Å². The molecule has 0 saturated carbocycles. The van der Waals surface area contributed by atoms with Crippen molar-refractivity contribution in [2.75, 3.05) is 0 Å². The molecule has 20 heavy (non-hydrogen) atoms. The second kappa shape index (κ2) is 6.92. The summed E-state index contributed by atoms with van der Waals surface area (Å²) >= 11 is 7.55. The molecule has 0 aliphatic heterocycles. The highest BCUT2D eigenvalue weighted by Gasteiger charge is 2.07. The quantitative estimate of drug-likeness (QED) is 0.833. The molecule has 2 aromatic rings. The standard InChI is InChI=1S/C14H16ClN3OS/c1-2-3-10-7-13(19)18-14(17-10)20-12-5-4-9(8-16)6-11(12)15/h4-7H,2-3,8,16H2,1H3,(H,17,18,19). The molecule has 2 rings (SSSR count). The molecule has 0 atom stereocenters. The first-order valence-corrected chi connectivity index (χ1v) is 7.58. The van der Waals surface area contributed by atoms with E-state index in [0.29, 0.717) is 16.7 Å². The highest BCUT2D eigenvalue weighted by atomic mass is 35.5. The first-order chi connectivity index (χ1) is 9.62. The van der Waals surface area contributed by atoms with E-state index in [4.69, 9.17) is 17.3 Å². The van der Waals surface area contributed by atoms with Gasteiger partial charge >= 0.3 is 0 Å². The predicted molar refractivity (Wildman–Crippen MR) is 82.3 cm³/mol. The summed E-state index contributed by atoms with van der Waals surface area (Å²) in [4.78, 5) is 19.6. The van der Waals surface area contributed by atoms with E-state index in [1.54, 1.807) is 0 Å². The number of halogens is 1. The number of benzene rings is 1. The SMILES string of the molecule is CCCc1cc(=O)[nH]c(Sc2ccc(CN)cc2Cl)n1. The number of nitrogens with one attached hydrogen (secondary N) is 1. The fraction of sp³-hybridized carbons (Fsp3) is 0.286. The molecule has 0 aliphatic rings. The minimum absolute atomic E-state index is 0.138. The Hall–Kier alpha value is -1.30. The summed E-state index contributed by atoms with van der Waals surface area (Å²) in [7, 11) is 0. The number of H-pyrrole nitrogens is 1. The van der Waals surface area contributed by atoms with Crippen LogP contribution in [0.1, 0.15) is 24.6 Å². The van der Waals surface area contributed by atoms with Gasteiger partial charge in [-0.05, 0) is 24.1 Å². The Balaban J connectivity index is 2.27. The van der Waals surface area contributed by atoms with Crippen molar-refractivity contribution in [2.45, 2.75) is 36.4 Å². The maximum atomic E-state index is 11.6. The lowest BCUT2D eigenvalue weighted by Crippen LogP contribution is -2.09.